The van der Waals surface area contributed by atoms with Crippen molar-refractivity contribution in [1.29, 1.82) is 0 Å². The highest BCUT2D eigenvalue weighted by molar-refractivity contribution is 7.32. The fraction of sp³-hybridized carbons (Fsp3) is 0.878. The number of aromatic hydroxyl groups is 1. The monoisotopic (exact) mass is 1690 g/mol. The van der Waals surface area contributed by atoms with Gasteiger partial charge in [0.05, 0.1) is 32.5 Å². The predicted molar refractivity (Wildman–Crippen MR) is 481 cm³/mol. The van der Waals surface area contributed by atoms with Gasteiger partial charge in [0, 0.05) is 42.1 Å². The van der Waals surface area contributed by atoms with E-state index in [1.165, 1.54) is 229 Å². The summed E-state index contributed by atoms with van der Waals surface area (Å²) in [7, 11) is -3.47. The van der Waals surface area contributed by atoms with Crippen LogP contribution < -0.4 is 10.2 Å². The molecule has 9 atom stereocenters. The summed E-state index contributed by atoms with van der Waals surface area (Å²) in [5, 5.41) is 25.1. The number of phenolic OH excluding ortho intramolecular Hbond substituents is 1. The number of anilines is 1. The summed E-state index contributed by atoms with van der Waals surface area (Å²) in [6.45, 7) is 12.0. The van der Waals surface area contributed by atoms with Crippen molar-refractivity contribution in [3.05, 3.63) is 24.3 Å². The lowest BCUT2D eigenvalue weighted by molar-refractivity contribution is -0.269. The Hall–Kier alpha value is -4.26. The molecule has 0 radical (unpaired) electrons. The highest BCUT2D eigenvalue weighted by Crippen LogP contribution is 2.35. The fourth-order valence-corrected chi connectivity index (χ4v) is 16.8. The third kappa shape index (κ3) is 61.1. The minimum Gasteiger partial charge on any atom is -0.508 e. The molecule has 1 fully saturated rings. The third-order valence-electron chi connectivity index (χ3n) is 23.6. The second kappa shape index (κ2) is 78.7. The Labute approximate surface area is 720 Å². The quantitative estimate of drug-likeness (QED) is 0.0204. The van der Waals surface area contributed by atoms with Gasteiger partial charge in [-0.3, -0.25) is 28.8 Å². The lowest BCUT2D eigenvalue weighted by Crippen LogP contribution is -2.66. The maximum absolute atomic E-state index is 15.1. The summed E-state index contributed by atoms with van der Waals surface area (Å²) in [6.07, 6.45) is 58.0. The molecule has 4 N–H and O–H groups in total. The number of amides is 2. The van der Waals surface area contributed by atoms with Gasteiger partial charge in [-0.15, -0.1) is 9.42 Å². The highest BCUT2D eigenvalue weighted by Gasteiger charge is 2.54. The number of carbonyl (C=O) groups excluding carboxylic acids is 6. The van der Waals surface area contributed by atoms with Crippen LogP contribution in [0, 0.1) is 0 Å². The molecule has 1 heterocycles. The van der Waals surface area contributed by atoms with Crippen molar-refractivity contribution in [2.24, 2.45) is 0 Å². The highest BCUT2D eigenvalue weighted by atomic mass is 31.1. The van der Waals surface area contributed by atoms with E-state index >= 15 is 9.59 Å². The van der Waals surface area contributed by atoms with Crippen LogP contribution in [0.2, 0.25) is 0 Å². The summed E-state index contributed by atoms with van der Waals surface area (Å²) in [5.74, 6) is -3.21. The van der Waals surface area contributed by atoms with Crippen LogP contribution in [0.3, 0.4) is 0 Å². The number of nitrogens with one attached hydrogen (secondary N) is 1. The fourth-order valence-electron chi connectivity index (χ4n) is 16.4. The zero-order valence-electron chi connectivity index (χ0n) is 76.3. The van der Waals surface area contributed by atoms with E-state index in [-0.39, 0.29) is 57.0 Å². The van der Waals surface area contributed by atoms with Gasteiger partial charge in [-0.1, -0.05) is 394 Å². The molecule has 0 saturated carbocycles. The molecule has 19 nitrogen and oxygen atoms in total. The van der Waals surface area contributed by atoms with Gasteiger partial charge in [0.2, 0.25) is 11.8 Å². The Bertz CT molecular complexity index is 2580. The third-order valence-corrected chi connectivity index (χ3v) is 24.0. The number of unbranched alkanes of at least 4 members (excludes halogenated alkanes) is 54. The molecular weight excluding hydrogens is 1510 g/mol. The summed E-state index contributed by atoms with van der Waals surface area (Å²) < 4.78 is 56.9. The van der Waals surface area contributed by atoms with Crippen molar-refractivity contribution in [2.45, 2.75) is 534 Å². The molecule has 2 rings (SSSR count). The molecule has 6 unspecified atom stereocenters. The number of ether oxygens (including phenoxy) is 6. The molecular formula is C98H178N2O17P+. The molecule has 1 saturated heterocycles. The van der Waals surface area contributed by atoms with Crippen molar-refractivity contribution < 1.29 is 81.4 Å². The molecule has 0 bridgehead atoms. The van der Waals surface area contributed by atoms with E-state index in [9.17, 15) is 38.8 Å². The SMILES string of the molecule is CCCCCCCCCCCCCC(=O)O[C@H](CCCCCCCCCCC)CC(=O)NC1C(OCCN(C(=O)C[C@@H](CCCCCCCCCCC)OC(=O)CCCCCCCCCCCCC)c2cccc(O)c2)OC(CO)C(O[P+](=O)O)C1OC(=O)C[C@@H](CCCCCCCCCCC)OC(=O)CCCCCCCCCCCCC. The molecule has 1 aromatic carbocycles. The maximum atomic E-state index is 15.1. The van der Waals surface area contributed by atoms with Crippen molar-refractivity contribution in [1.82, 2.24) is 5.32 Å². The predicted octanol–water partition coefficient (Wildman–Crippen LogP) is 26.7. The molecule has 118 heavy (non-hydrogen) atoms. The van der Waals surface area contributed by atoms with Crippen LogP contribution in [-0.2, 0) is 66.3 Å². The second-order valence-electron chi connectivity index (χ2n) is 34.7. The number of rotatable bonds is 85. The summed E-state index contributed by atoms with van der Waals surface area (Å²) >= 11 is 0. The van der Waals surface area contributed by atoms with E-state index < -0.39 is 100.0 Å². The van der Waals surface area contributed by atoms with E-state index in [1.807, 2.05) is 0 Å². The van der Waals surface area contributed by atoms with Gasteiger partial charge < -0.3 is 48.9 Å². The lowest BCUT2D eigenvalue weighted by Gasteiger charge is -2.43. The Morgan fingerprint density at radius 2 is 0.729 bits per heavy atom. The van der Waals surface area contributed by atoms with Crippen molar-refractivity contribution in [2.75, 3.05) is 24.7 Å². The smallest absolute Gasteiger partial charge is 0.508 e. The van der Waals surface area contributed by atoms with Crippen LogP contribution in [-0.4, -0.2) is 120 Å². The molecule has 686 valence electrons. The summed E-state index contributed by atoms with van der Waals surface area (Å²) in [5.41, 5.74) is 0.324. The first-order valence-corrected chi connectivity index (χ1v) is 50.6. The van der Waals surface area contributed by atoms with Gasteiger partial charge >= 0.3 is 32.1 Å². The van der Waals surface area contributed by atoms with E-state index in [2.05, 4.69) is 46.9 Å². The van der Waals surface area contributed by atoms with Crippen LogP contribution >= 0.6 is 8.25 Å². The number of aliphatic hydroxyl groups is 1. The van der Waals surface area contributed by atoms with E-state index in [0.717, 1.165) is 141 Å². The Morgan fingerprint density at radius 3 is 1.05 bits per heavy atom. The van der Waals surface area contributed by atoms with Gasteiger partial charge in [0.1, 0.15) is 36.2 Å². The number of nitrogens with zero attached hydrogens (tertiary/aromatic N) is 1. The summed E-state index contributed by atoms with van der Waals surface area (Å²) in [4.78, 5) is 98.7. The molecule has 0 spiro atoms. The number of hydrogen-bond donors (Lipinski definition) is 4. The molecule has 1 aromatic rings. The Kier molecular flexibility index (Phi) is 73.2. The number of phenols is 1. The standard InChI is InChI=1S/C98H177N2O17P/c1-7-13-19-25-31-37-40-46-52-58-64-73-91(105)112-85(70-61-55-49-43-34-28-22-16-10-4)79-89(103)99-95-97(116-94(108)81-87(72-63-57-51-45-36-30-24-18-12-6)114-93(107)75-66-60-54-48-42-39-33-27-21-15-9-3)96(117-118(109)110)88(82-101)115-98(95)111-77-76-100(83-68-67-69-84(102)78-83)90(104)80-86(71-62-56-50-44-35-29-23-17-11-5)113-92(106)74-65-59-53-47-41-38-32-26-20-14-8-2/h67-69,78,85-88,95-98,101H,7-66,70-77,79-82H2,1-6H3,(H2-,99,102,103,109,110)/p+1/t85-,86-,87-,88?,95?,96?,97?,98?/m1/s1. The van der Waals surface area contributed by atoms with E-state index in [0.29, 0.717) is 57.1 Å². The van der Waals surface area contributed by atoms with Crippen LogP contribution in [0.15, 0.2) is 24.3 Å². The van der Waals surface area contributed by atoms with Gasteiger partial charge in [-0.25, -0.2) is 0 Å². The zero-order chi connectivity index (χ0) is 85.8. The number of esters is 4. The normalized spacial score (nSPS) is 16.3. The van der Waals surface area contributed by atoms with Crippen LogP contribution in [0.25, 0.3) is 0 Å². The molecule has 0 aliphatic carbocycles. The minimum absolute atomic E-state index is 0.103. The van der Waals surface area contributed by atoms with Gasteiger partial charge in [0.15, 0.2) is 18.5 Å². The number of benzene rings is 1. The summed E-state index contributed by atoms with van der Waals surface area (Å²) in [6, 6.07) is 4.71. The first kappa shape index (κ1) is 110. The topological polar surface area (TPSA) is 260 Å². The minimum atomic E-state index is -3.47. The van der Waals surface area contributed by atoms with Gasteiger partial charge in [0.25, 0.3) is 0 Å². The van der Waals surface area contributed by atoms with Crippen molar-refractivity contribution in [3.63, 3.8) is 0 Å². The van der Waals surface area contributed by atoms with Crippen LogP contribution in [0.1, 0.15) is 485 Å². The number of carbonyl (C=O) groups is 6. The number of hydrogen-bond acceptors (Lipinski definition) is 16. The lowest BCUT2D eigenvalue weighted by atomic mass is 9.96. The van der Waals surface area contributed by atoms with Crippen LogP contribution in [0.5, 0.6) is 5.75 Å². The van der Waals surface area contributed by atoms with E-state index in [1.54, 1.807) is 12.1 Å². The average Bonchev–Trinajstić information content (AvgIpc) is 0.783. The number of aliphatic hydroxyl groups excluding tert-OH is 1. The maximum Gasteiger partial charge on any atom is 0.695 e. The van der Waals surface area contributed by atoms with E-state index in [4.69, 9.17) is 32.9 Å². The first-order chi connectivity index (χ1) is 57.6. The van der Waals surface area contributed by atoms with Gasteiger partial charge in [-0.2, -0.15) is 0 Å². The largest absolute Gasteiger partial charge is 0.695 e. The van der Waals surface area contributed by atoms with Gasteiger partial charge in [-0.05, 0) is 69.9 Å². The molecule has 1 aliphatic rings. The zero-order valence-corrected chi connectivity index (χ0v) is 77.2. The first-order valence-electron chi connectivity index (χ1n) is 49.5. The molecule has 2 amide bonds. The second-order valence-corrected chi connectivity index (χ2v) is 35.4. The van der Waals surface area contributed by atoms with Crippen LogP contribution in [0.4, 0.5) is 5.69 Å². The Morgan fingerprint density at radius 1 is 0.415 bits per heavy atom. The average molecular weight is 1690 g/mol. The molecule has 20 heteroatoms. The van der Waals surface area contributed by atoms with Crippen molar-refractivity contribution >= 4 is 49.6 Å². The van der Waals surface area contributed by atoms with Crippen molar-refractivity contribution in [3.8, 4) is 5.75 Å². The molecule has 0 aromatic heterocycles. The Balaban J connectivity index is 2.68. The molecule has 1 aliphatic heterocycles.